The Morgan fingerprint density at radius 2 is 1.85 bits per heavy atom. The summed E-state index contributed by atoms with van der Waals surface area (Å²) < 4.78 is 0. The van der Waals surface area contributed by atoms with Crippen LogP contribution in [0.3, 0.4) is 0 Å². The van der Waals surface area contributed by atoms with Gasteiger partial charge in [-0.05, 0) is 36.8 Å². The van der Waals surface area contributed by atoms with Crippen molar-refractivity contribution < 1.29 is 4.79 Å². The van der Waals surface area contributed by atoms with Crippen molar-refractivity contribution >= 4 is 17.7 Å². The lowest BCUT2D eigenvalue weighted by atomic mass is 9.81. The number of rotatable bonds is 4. The molecule has 1 aromatic carbocycles. The number of benzene rings is 1. The number of amides is 1. The van der Waals surface area contributed by atoms with Crippen LogP contribution in [-0.4, -0.2) is 29.6 Å². The molecule has 0 radical (unpaired) electrons. The number of carbonyl (C=O) groups excluding carboxylic acids is 1. The summed E-state index contributed by atoms with van der Waals surface area (Å²) >= 11 is 1.72. The van der Waals surface area contributed by atoms with Crippen molar-refractivity contribution in [3.8, 4) is 0 Å². The molecule has 0 bridgehead atoms. The van der Waals surface area contributed by atoms with Gasteiger partial charge in [0.05, 0.1) is 5.54 Å². The highest BCUT2D eigenvalue weighted by Gasteiger charge is 2.37. The minimum Gasteiger partial charge on any atom is -0.340 e. The summed E-state index contributed by atoms with van der Waals surface area (Å²) in [5, 5.41) is 0. The standard InChI is InChI=1S/C16H24N2OS/c1-18(12-13-6-8-14(20-2)9-7-13)15(19)16(17)10-4-3-5-11-16/h6-9H,3-5,10-12,17H2,1-2H3. The molecule has 1 aliphatic rings. The molecule has 1 fully saturated rings. The van der Waals surface area contributed by atoms with Gasteiger partial charge in [0, 0.05) is 18.5 Å². The van der Waals surface area contributed by atoms with E-state index in [2.05, 4.69) is 30.5 Å². The molecular formula is C16H24N2OS. The zero-order valence-electron chi connectivity index (χ0n) is 12.4. The molecule has 2 rings (SSSR count). The molecule has 0 saturated heterocycles. The first kappa shape index (κ1) is 15.4. The minimum absolute atomic E-state index is 0.0890. The normalized spacial score (nSPS) is 17.8. The van der Waals surface area contributed by atoms with Crippen LogP contribution in [0.2, 0.25) is 0 Å². The molecule has 0 unspecified atom stereocenters. The van der Waals surface area contributed by atoms with E-state index < -0.39 is 5.54 Å². The number of likely N-dealkylation sites (N-methyl/N-ethyl adjacent to an activating group) is 1. The van der Waals surface area contributed by atoms with E-state index in [1.807, 2.05) is 7.05 Å². The fourth-order valence-electron chi connectivity index (χ4n) is 2.85. The predicted octanol–water partition coefficient (Wildman–Crippen LogP) is 3.03. The van der Waals surface area contributed by atoms with Gasteiger partial charge in [0.25, 0.3) is 0 Å². The number of hydrogen-bond acceptors (Lipinski definition) is 3. The number of thioether (sulfide) groups is 1. The molecule has 0 heterocycles. The highest BCUT2D eigenvalue weighted by molar-refractivity contribution is 7.98. The lowest BCUT2D eigenvalue weighted by Gasteiger charge is -2.35. The number of nitrogens with two attached hydrogens (primary N) is 1. The van der Waals surface area contributed by atoms with Crippen molar-refractivity contribution in [2.45, 2.75) is 49.1 Å². The minimum atomic E-state index is -0.633. The van der Waals surface area contributed by atoms with Crippen LogP contribution in [0.1, 0.15) is 37.7 Å². The Hall–Kier alpha value is -1.00. The smallest absolute Gasteiger partial charge is 0.242 e. The molecule has 20 heavy (non-hydrogen) atoms. The Balaban J connectivity index is 1.99. The summed E-state index contributed by atoms with van der Waals surface area (Å²) in [6.07, 6.45) is 7.04. The summed E-state index contributed by atoms with van der Waals surface area (Å²) in [4.78, 5) is 15.6. The first-order valence-electron chi connectivity index (χ1n) is 7.22. The first-order chi connectivity index (χ1) is 9.55. The number of hydrogen-bond donors (Lipinski definition) is 1. The molecule has 110 valence electrons. The molecule has 0 atom stereocenters. The van der Waals surface area contributed by atoms with Gasteiger partial charge in [-0.1, -0.05) is 31.4 Å². The van der Waals surface area contributed by atoms with Gasteiger partial charge in [-0.2, -0.15) is 0 Å². The largest absolute Gasteiger partial charge is 0.340 e. The van der Waals surface area contributed by atoms with Crippen LogP contribution >= 0.6 is 11.8 Å². The van der Waals surface area contributed by atoms with E-state index in [9.17, 15) is 4.79 Å². The average molecular weight is 292 g/mol. The van der Waals surface area contributed by atoms with Crippen LogP contribution in [0.4, 0.5) is 0 Å². The van der Waals surface area contributed by atoms with Crippen LogP contribution in [0.15, 0.2) is 29.2 Å². The number of carbonyl (C=O) groups is 1. The third-order valence-electron chi connectivity index (χ3n) is 4.10. The summed E-state index contributed by atoms with van der Waals surface area (Å²) in [5.74, 6) is 0.0890. The van der Waals surface area contributed by atoms with Crippen LogP contribution in [0.5, 0.6) is 0 Å². The van der Waals surface area contributed by atoms with Crippen LogP contribution in [-0.2, 0) is 11.3 Å². The van der Waals surface area contributed by atoms with Crippen LogP contribution in [0.25, 0.3) is 0 Å². The van der Waals surface area contributed by atoms with E-state index in [0.29, 0.717) is 6.54 Å². The zero-order valence-corrected chi connectivity index (χ0v) is 13.2. The Bertz CT molecular complexity index is 452. The fourth-order valence-corrected chi connectivity index (χ4v) is 3.26. The van der Waals surface area contributed by atoms with Gasteiger partial charge < -0.3 is 10.6 Å². The van der Waals surface area contributed by atoms with E-state index in [0.717, 1.165) is 31.2 Å². The first-order valence-corrected chi connectivity index (χ1v) is 8.45. The molecule has 2 N–H and O–H groups in total. The van der Waals surface area contributed by atoms with E-state index >= 15 is 0 Å². The van der Waals surface area contributed by atoms with Gasteiger partial charge in [-0.15, -0.1) is 11.8 Å². The van der Waals surface area contributed by atoms with E-state index in [1.165, 1.54) is 11.3 Å². The maximum absolute atomic E-state index is 12.5. The Morgan fingerprint density at radius 3 is 2.40 bits per heavy atom. The third kappa shape index (κ3) is 3.55. The Kier molecular flexibility index (Phi) is 5.11. The van der Waals surface area contributed by atoms with Gasteiger partial charge in [0.15, 0.2) is 0 Å². The van der Waals surface area contributed by atoms with E-state index in [4.69, 9.17) is 5.73 Å². The van der Waals surface area contributed by atoms with Crippen molar-refractivity contribution in [1.82, 2.24) is 4.90 Å². The molecular weight excluding hydrogens is 268 g/mol. The van der Waals surface area contributed by atoms with Gasteiger partial charge >= 0.3 is 0 Å². The summed E-state index contributed by atoms with van der Waals surface area (Å²) in [6.45, 7) is 0.631. The van der Waals surface area contributed by atoms with Crippen molar-refractivity contribution in [2.24, 2.45) is 5.73 Å². The van der Waals surface area contributed by atoms with E-state index in [1.54, 1.807) is 16.7 Å². The van der Waals surface area contributed by atoms with Gasteiger partial charge in [0.1, 0.15) is 0 Å². The van der Waals surface area contributed by atoms with Crippen molar-refractivity contribution in [2.75, 3.05) is 13.3 Å². The molecule has 1 amide bonds. The molecule has 3 nitrogen and oxygen atoms in total. The van der Waals surface area contributed by atoms with Gasteiger partial charge in [0.2, 0.25) is 5.91 Å². The topological polar surface area (TPSA) is 46.3 Å². The third-order valence-corrected chi connectivity index (χ3v) is 4.84. The molecule has 0 aromatic heterocycles. The Labute approximate surface area is 125 Å². The molecule has 1 saturated carbocycles. The Morgan fingerprint density at radius 1 is 1.25 bits per heavy atom. The van der Waals surface area contributed by atoms with Gasteiger partial charge in [-0.3, -0.25) is 4.79 Å². The second-order valence-corrected chi connectivity index (χ2v) is 6.61. The maximum Gasteiger partial charge on any atom is 0.242 e. The average Bonchev–Trinajstić information content (AvgIpc) is 2.48. The molecule has 1 aliphatic carbocycles. The van der Waals surface area contributed by atoms with E-state index in [-0.39, 0.29) is 5.91 Å². The maximum atomic E-state index is 12.5. The molecule has 0 aliphatic heterocycles. The predicted molar refractivity (Wildman–Crippen MR) is 84.7 cm³/mol. The second kappa shape index (κ2) is 6.64. The lowest BCUT2D eigenvalue weighted by Crippen LogP contribution is -2.55. The molecule has 4 heteroatoms. The highest BCUT2D eigenvalue weighted by atomic mass is 32.2. The van der Waals surface area contributed by atoms with Crippen molar-refractivity contribution in [3.05, 3.63) is 29.8 Å². The molecule has 0 spiro atoms. The molecule has 1 aromatic rings. The second-order valence-electron chi connectivity index (χ2n) is 5.73. The number of nitrogens with zero attached hydrogens (tertiary/aromatic N) is 1. The zero-order chi connectivity index (χ0) is 14.6. The SMILES string of the molecule is CSc1ccc(CN(C)C(=O)C2(N)CCCCC2)cc1. The van der Waals surface area contributed by atoms with Crippen molar-refractivity contribution in [3.63, 3.8) is 0 Å². The highest BCUT2D eigenvalue weighted by Crippen LogP contribution is 2.28. The lowest BCUT2D eigenvalue weighted by molar-refractivity contribution is -0.137. The van der Waals surface area contributed by atoms with Crippen LogP contribution in [0, 0.1) is 0 Å². The quantitative estimate of drug-likeness (QED) is 0.868. The summed E-state index contributed by atoms with van der Waals surface area (Å²) in [6, 6.07) is 8.35. The van der Waals surface area contributed by atoms with Crippen LogP contribution < -0.4 is 5.73 Å². The summed E-state index contributed by atoms with van der Waals surface area (Å²) in [7, 11) is 1.86. The van der Waals surface area contributed by atoms with Gasteiger partial charge in [-0.25, -0.2) is 0 Å². The van der Waals surface area contributed by atoms with Crippen molar-refractivity contribution in [1.29, 1.82) is 0 Å². The monoisotopic (exact) mass is 292 g/mol. The fraction of sp³-hybridized carbons (Fsp3) is 0.562. The summed E-state index contributed by atoms with van der Waals surface area (Å²) in [5.41, 5.74) is 6.83.